The fraction of sp³-hybridized carbons (Fsp3) is 0.121. The van der Waals surface area contributed by atoms with E-state index in [1.54, 1.807) is 24.3 Å². The van der Waals surface area contributed by atoms with Crippen molar-refractivity contribution in [2.24, 2.45) is 14.1 Å². The molecule has 208 valence electrons. The standard InChI is InChI=1S/C17H14ClNO3.C16H14ClNO/c1-19-14-5-3-2-4-13(14)16(17(20)21)15(19)10-22-12-8-6-11(18)7-9-12;1-18-14(10-12-4-2-3-5-16(12)18)11-19-15-8-6-13(17)7-9-15/h2-9H,10H2,1H3,(H,20,21);2-10H,11H2,1H3. The van der Waals surface area contributed by atoms with Crippen molar-refractivity contribution in [2.75, 3.05) is 0 Å². The molecule has 4 aromatic carbocycles. The van der Waals surface area contributed by atoms with Gasteiger partial charge in [0.2, 0.25) is 0 Å². The van der Waals surface area contributed by atoms with E-state index >= 15 is 0 Å². The van der Waals surface area contributed by atoms with Crippen molar-refractivity contribution in [3.05, 3.63) is 130 Å². The number of fused-ring (bicyclic) bond motifs is 2. The summed E-state index contributed by atoms with van der Waals surface area (Å²) in [7, 11) is 3.90. The highest BCUT2D eigenvalue weighted by molar-refractivity contribution is 6.30. The van der Waals surface area contributed by atoms with Crippen molar-refractivity contribution >= 4 is 51.0 Å². The van der Waals surface area contributed by atoms with Crippen molar-refractivity contribution in [1.82, 2.24) is 9.13 Å². The Morgan fingerprint density at radius 2 is 1.24 bits per heavy atom. The Morgan fingerprint density at radius 3 is 1.83 bits per heavy atom. The van der Waals surface area contributed by atoms with E-state index in [-0.39, 0.29) is 12.2 Å². The van der Waals surface area contributed by atoms with Crippen molar-refractivity contribution in [3.63, 3.8) is 0 Å². The van der Waals surface area contributed by atoms with Gasteiger partial charge in [0.25, 0.3) is 0 Å². The van der Waals surface area contributed by atoms with Gasteiger partial charge in [0.05, 0.1) is 17.0 Å². The van der Waals surface area contributed by atoms with E-state index in [0.29, 0.717) is 28.5 Å². The van der Waals surface area contributed by atoms with Crippen molar-refractivity contribution in [2.45, 2.75) is 13.2 Å². The number of carboxylic acids is 1. The molecule has 0 saturated carbocycles. The van der Waals surface area contributed by atoms with Crippen LogP contribution in [0.1, 0.15) is 21.7 Å². The molecule has 0 unspecified atom stereocenters. The van der Waals surface area contributed by atoms with E-state index in [1.165, 1.54) is 10.9 Å². The summed E-state index contributed by atoms with van der Waals surface area (Å²) in [4.78, 5) is 11.6. The molecule has 0 fully saturated rings. The molecule has 2 aromatic heterocycles. The first kappa shape index (κ1) is 28.1. The molecule has 0 saturated heterocycles. The van der Waals surface area contributed by atoms with Gasteiger partial charge in [0.1, 0.15) is 24.7 Å². The fourth-order valence-corrected chi connectivity index (χ4v) is 4.96. The van der Waals surface area contributed by atoms with Gasteiger partial charge in [-0.15, -0.1) is 0 Å². The summed E-state index contributed by atoms with van der Waals surface area (Å²) in [6, 6.07) is 32.3. The van der Waals surface area contributed by atoms with Crippen LogP contribution in [0.2, 0.25) is 10.0 Å². The molecule has 0 aliphatic carbocycles. The molecular formula is C33H28Cl2N2O4. The van der Waals surface area contributed by atoms with E-state index in [2.05, 4.69) is 29.8 Å². The number of ether oxygens (including phenoxy) is 2. The number of aromatic carboxylic acids is 1. The molecule has 2 heterocycles. The largest absolute Gasteiger partial charge is 0.487 e. The van der Waals surface area contributed by atoms with Crippen molar-refractivity contribution < 1.29 is 19.4 Å². The maximum absolute atomic E-state index is 11.6. The number of halogens is 2. The van der Waals surface area contributed by atoms with Crippen molar-refractivity contribution in [3.8, 4) is 11.5 Å². The molecule has 0 radical (unpaired) electrons. The van der Waals surface area contributed by atoms with Gasteiger partial charge < -0.3 is 23.7 Å². The summed E-state index contributed by atoms with van der Waals surface area (Å²) in [5, 5.41) is 12.8. The molecule has 0 aliphatic heterocycles. The number of rotatable bonds is 7. The second kappa shape index (κ2) is 12.4. The van der Waals surface area contributed by atoms with Gasteiger partial charge in [0, 0.05) is 40.6 Å². The van der Waals surface area contributed by atoms with E-state index < -0.39 is 5.97 Å². The normalized spacial score (nSPS) is 10.8. The Morgan fingerprint density at radius 1 is 0.707 bits per heavy atom. The summed E-state index contributed by atoms with van der Waals surface area (Å²) in [6.07, 6.45) is 0. The second-order valence-corrected chi connectivity index (χ2v) is 10.3. The van der Waals surface area contributed by atoms with Crippen LogP contribution >= 0.6 is 23.2 Å². The minimum absolute atomic E-state index is 0.175. The quantitative estimate of drug-likeness (QED) is 0.203. The molecule has 0 spiro atoms. The lowest BCUT2D eigenvalue weighted by molar-refractivity contribution is 0.0695. The number of aryl methyl sites for hydroxylation is 2. The summed E-state index contributed by atoms with van der Waals surface area (Å²) >= 11 is 11.7. The van der Waals surface area contributed by atoms with Gasteiger partial charge in [-0.2, -0.15) is 0 Å². The number of hydrogen-bond acceptors (Lipinski definition) is 3. The van der Waals surface area contributed by atoms with Gasteiger partial charge in [-0.05, 0) is 72.1 Å². The van der Waals surface area contributed by atoms with E-state index in [4.69, 9.17) is 32.7 Å². The van der Waals surface area contributed by atoms with Crippen LogP contribution in [0.25, 0.3) is 21.8 Å². The number of benzene rings is 4. The maximum atomic E-state index is 11.6. The van der Waals surface area contributed by atoms with Gasteiger partial charge in [-0.1, -0.05) is 59.6 Å². The van der Waals surface area contributed by atoms with Gasteiger partial charge >= 0.3 is 5.97 Å². The third kappa shape index (κ3) is 6.35. The van der Waals surface area contributed by atoms with Crippen LogP contribution in [-0.4, -0.2) is 20.2 Å². The Hall–Kier alpha value is -4.39. The van der Waals surface area contributed by atoms with Gasteiger partial charge in [-0.3, -0.25) is 0 Å². The molecule has 8 heteroatoms. The Kier molecular flexibility index (Phi) is 8.53. The average molecular weight is 588 g/mol. The van der Waals surface area contributed by atoms with E-state index in [1.807, 2.05) is 72.3 Å². The summed E-state index contributed by atoms with van der Waals surface area (Å²) in [5.74, 6) is 0.521. The predicted molar refractivity (Wildman–Crippen MR) is 164 cm³/mol. The summed E-state index contributed by atoms with van der Waals surface area (Å²) < 4.78 is 15.5. The molecule has 1 N–H and O–H groups in total. The Balaban J connectivity index is 0.000000166. The number of para-hydroxylation sites is 2. The van der Waals surface area contributed by atoms with E-state index in [0.717, 1.165) is 22.0 Å². The number of carbonyl (C=O) groups is 1. The van der Waals surface area contributed by atoms with Crippen molar-refractivity contribution in [1.29, 1.82) is 0 Å². The van der Waals surface area contributed by atoms with Crippen LogP contribution < -0.4 is 9.47 Å². The maximum Gasteiger partial charge on any atom is 0.338 e. The Bertz CT molecular complexity index is 1810. The summed E-state index contributed by atoms with van der Waals surface area (Å²) in [6.45, 7) is 0.723. The lowest BCUT2D eigenvalue weighted by Crippen LogP contribution is -2.08. The van der Waals surface area contributed by atoms with Gasteiger partial charge in [0.15, 0.2) is 0 Å². The minimum atomic E-state index is -0.952. The first-order valence-electron chi connectivity index (χ1n) is 12.9. The average Bonchev–Trinajstić information content (AvgIpc) is 3.46. The topological polar surface area (TPSA) is 65.6 Å². The number of hydrogen-bond donors (Lipinski definition) is 1. The summed E-state index contributed by atoms with van der Waals surface area (Å²) in [5.41, 5.74) is 4.15. The van der Waals surface area contributed by atoms with Gasteiger partial charge in [-0.25, -0.2) is 4.79 Å². The predicted octanol–water partition coefficient (Wildman–Crippen LogP) is 8.52. The smallest absolute Gasteiger partial charge is 0.338 e. The van der Waals surface area contributed by atoms with Crippen LogP contribution in [0.5, 0.6) is 11.5 Å². The first-order valence-corrected chi connectivity index (χ1v) is 13.7. The first-order chi connectivity index (χ1) is 19.8. The number of carboxylic acid groups (broad SMARTS) is 1. The molecule has 6 nitrogen and oxygen atoms in total. The fourth-order valence-electron chi connectivity index (χ4n) is 4.71. The molecule has 41 heavy (non-hydrogen) atoms. The lowest BCUT2D eigenvalue weighted by atomic mass is 10.1. The number of nitrogens with zero attached hydrogens (tertiary/aromatic N) is 2. The zero-order valence-corrected chi connectivity index (χ0v) is 24.1. The molecule has 0 atom stereocenters. The third-order valence-corrected chi connectivity index (χ3v) is 7.39. The van der Waals surface area contributed by atoms with Crippen LogP contribution in [0, 0.1) is 0 Å². The molecular weight excluding hydrogens is 559 g/mol. The monoisotopic (exact) mass is 586 g/mol. The van der Waals surface area contributed by atoms with Crippen LogP contribution in [-0.2, 0) is 27.3 Å². The molecule has 0 amide bonds. The van der Waals surface area contributed by atoms with E-state index in [9.17, 15) is 9.90 Å². The van der Waals surface area contributed by atoms with Crippen LogP contribution in [0.4, 0.5) is 0 Å². The minimum Gasteiger partial charge on any atom is -0.487 e. The second-order valence-electron chi connectivity index (χ2n) is 9.44. The molecule has 6 rings (SSSR count). The highest BCUT2D eigenvalue weighted by atomic mass is 35.5. The lowest BCUT2D eigenvalue weighted by Gasteiger charge is -2.09. The third-order valence-electron chi connectivity index (χ3n) is 6.88. The molecule has 6 aromatic rings. The number of aromatic nitrogens is 2. The zero-order chi connectivity index (χ0) is 28.9. The van der Waals surface area contributed by atoms with Crippen LogP contribution in [0.15, 0.2) is 103 Å². The molecule has 0 bridgehead atoms. The molecule has 0 aliphatic rings. The van der Waals surface area contributed by atoms with Crippen LogP contribution in [0.3, 0.4) is 0 Å². The zero-order valence-electron chi connectivity index (χ0n) is 22.6. The Labute approximate surface area is 247 Å². The highest BCUT2D eigenvalue weighted by Crippen LogP contribution is 2.27. The SMILES string of the molecule is Cn1c(COc2ccc(Cl)cc2)c(C(=O)O)c2ccccc21.Cn1c(COc2ccc(Cl)cc2)cc2ccccc21. The highest BCUT2D eigenvalue weighted by Gasteiger charge is 2.20.